The van der Waals surface area contributed by atoms with Gasteiger partial charge in [-0.3, -0.25) is 4.79 Å². The van der Waals surface area contributed by atoms with Gasteiger partial charge in [0, 0.05) is 13.1 Å². The molecule has 0 aliphatic heterocycles. The number of unbranched alkanes of at least 4 members (excludes halogenated alkanes) is 1. The molecule has 0 spiro atoms. The Kier molecular flexibility index (Phi) is 6.73. The molecular formula is C13H21N9OS. The molecule has 2 aromatic heterocycles. The quantitative estimate of drug-likeness (QED) is 0.416. The number of thioether (sulfide) groups is 1. The lowest BCUT2D eigenvalue weighted by molar-refractivity contribution is -0.115. The molecule has 1 amide bonds. The van der Waals surface area contributed by atoms with Crippen molar-refractivity contribution in [3.05, 3.63) is 6.33 Å². The zero-order valence-electron chi connectivity index (χ0n) is 13.7. The first-order valence-electron chi connectivity index (χ1n) is 7.69. The minimum absolute atomic E-state index is 0.119. The van der Waals surface area contributed by atoms with Crippen LogP contribution in [0.3, 0.4) is 0 Å². The molecule has 0 atom stereocenters. The number of nitrogens with one attached hydrogen (secondary N) is 2. The summed E-state index contributed by atoms with van der Waals surface area (Å²) < 4.78 is 1.44. The first-order chi connectivity index (χ1) is 11.6. The molecule has 10 nitrogen and oxygen atoms in total. The maximum Gasteiger partial charge on any atom is 0.258 e. The van der Waals surface area contributed by atoms with Gasteiger partial charge in [0.25, 0.3) is 5.95 Å². The topological polar surface area (TPSA) is 137 Å². The van der Waals surface area contributed by atoms with Gasteiger partial charge >= 0.3 is 0 Å². The van der Waals surface area contributed by atoms with E-state index in [-0.39, 0.29) is 5.75 Å². The van der Waals surface area contributed by atoms with E-state index in [1.165, 1.54) is 11.0 Å². The predicted molar refractivity (Wildman–Crippen MR) is 92.2 cm³/mol. The highest BCUT2D eigenvalue weighted by Gasteiger charge is 2.11. The van der Waals surface area contributed by atoms with Crippen LogP contribution in [-0.4, -0.2) is 54.5 Å². The third-order valence-corrected chi connectivity index (χ3v) is 3.67. The summed E-state index contributed by atoms with van der Waals surface area (Å²) in [4.78, 5) is 27.9. The van der Waals surface area contributed by atoms with Gasteiger partial charge in [0.1, 0.15) is 6.33 Å². The Hall–Kier alpha value is -2.43. The van der Waals surface area contributed by atoms with Gasteiger partial charge < -0.3 is 16.4 Å². The van der Waals surface area contributed by atoms with Gasteiger partial charge in [0.15, 0.2) is 0 Å². The van der Waals surface area contributed by atoms with E-state index in [1.807, 2.05) is 6.92 Å². The van der Waals surface area contributed by atoms with Crippen LogP contribution in [0.5, 0.6) is 0 Å². The molecule has 11 heteroatoms. The molecule has 0 saturated heterocycles. The van der Waals surface area contributed by atoms with Crippen LogP contribution >= 0.6 is 11.8 Å². The highest BCUT2D eigenvalue weighted by atomic mass is 32.2. The zero-order valence-corrected chi connectivity index (χ0v) is 14.5. The third kappa shape index (κ3) is 5.33. The summed E-state index contributed by atoms with van der Waals surface area (Å²) in [6.45, 7) is 5.55. The number of rotatable bonds is 10. The van der Waals surface area contributed by atoms with Crippen LogP contribution in [0.15, 0.2) is 11.5 Å². The molecular weight excluding hydrogens is 330 g/mol. The highest BCUT2D eigenvalue weighted by Crippen LogP contribution is 2.14. The molecule has 130 valence electrons. The van der Waals surface area contributed by atoms with Crippen LogP contribution in [0.4, 0.5) is 11.9 Å². The number of hydrogen-bond acceptors (Lipinski definition) is 9. The fraction of sp³-hybridized carbons (Fsp3) is 0.538. The summed E-state index contributed by atoms with van der Waals surface area (Å²) in [6.07, 6.45) is 3.59. The Morgan fingerprint density at radius 2 is 2.00 bits per heavy atom. The van der Waals surface area contributed by atoms with Crippen LogP contribution in [0.2, 0.25) is 0 Å². The summed E-state index contributed by atoms with van der Waals surface area (Å²) in [5.41, 5.74) is 5.12. The van der Waals surface area contributed by atoms with Crippen molar-refractivity contribution in [3.63, 3.8) is 0 Å². The summed E-state index contributed by atoms with van der Waals surface area (Å²) in [5, 5.41) is 10.9. The van der Waals surface area contributed by atoms with E-state index >= 15 is 0 Å². The fourth-order valence-corrected chi connectivity index (χ4v) is 2.25. The maximum absolute atomic E-state index is 10.8. The van der Waals surface area contributed by atoms with E-state index < -0.39 is 5.91 Å². The number of primary amides is 1. The van der Waals surface area contributed by atoms with Crippen LogP contribution in [-0.2, 0) is 4.79 Å². The lowest BCUT2D eigenvalue weighted by Gasteiger charge is -2.08. The number of nitrogens with two attached hydrogens (primary N) is 1. The number of carbonyl (C=O) groups is 1. The number of nitrogens with zero attached hydrogens (tertiary/aromatic N) is 6. The summed E-state index contributed by atoms with van der Waals surface area (Å²) in [6, 6.07) is 0. The number of anilines is 2. The molecule has 0 fully saturated rings. The first-order valence-corrected chi connectivity index (χ1v) is 8.67. The van der Waals surface area contributed by atoms with E-state index in [1.54, 1.807) is 0 Å². The smallest absolute Gasteiger partial charge is 0.258 e. The van der Waals surface area contributed by atoms with E-state index in [4.69, 9.17) is 5.73 Å². The van der Waals surface area contributed by atoms with E-state index in [9.17, 15) is 4.79 Å². The van der Waals surface area contributed by atoms with Gasteiger partial charge in [-0.25, -0.2) is 4.98 Å². The Morgan fingerprint density at radius 3 is 2.67 bits per heavy atom. The highest BCUT2D eigenvalue weighted by molar-refractivity contribution is 7.99. The van der Waals surface area contributed by atoms with Gasteiger partial charge in [-0.05, 0) is 13.3 Å². The second kappa shape index (κ2) is 9.01. The molecule has 0 radical (unpaired) electrons. The van der Waals surface area contributed by atoms with Gasteiger partial charge in [0.2, 0.25) is 23.0 Å². The molecule has 0 aromatic carbocycles. The van der Waals surface area contributed by atoms with Gasteiger partial charge in [-0.1, -0.05) is 25.1 Å². The first kappa shape index (κ1) is 17.9. The molecule has 2 aromatic rings. The number of aromatic nitrogens is 6. The average molecular weight is 351 g/mol. The minimum Gasteiger partial charge on any atom is -0.369 e. The van der Waals surface area contributed by atoms with E-state index in [0.717, 1.165) is 31.1 Å². The van der Waals surface area contributed by atoms with Crippen molar-refractivity contribution < 1.29 is 4.79 Å². The third-order valence-electron chi connectivity index (χ3n) is 2.79. The zero-order chi connectivity index (χ0) is 17.4. The Balaban J connectivity index is 2.19. The lowest BCUT2D eigenvalue weighted by atomic mass is 10.3. The SMILES string of the molecule is CCCCNc1nc(NCC)nc(-n2cnc(SCC(N)=O)n2)n1. The van der Waals surface area contributed by atoms with Crippen molar-refractivity contribution in [1.29, 1.82) is 0 Å². The molecule has 0 unspecified atom stereocenters. The molecule has 0 saturated carbocycles. The Bertz CT molecular complexity index is 675. The van der Waals surface area contributed by atoms with Crippen LogP contribution in [0.1, 0.15) is 26.7 Å². The monoisotopic (exact) mass is 351 g/mol. The summed E-state index contributed by atoms with van der Waals surface area (Å²) in [7, 11) is 0. The van der Waals surface area contributed by atoms with Crippen LogP contribution < -0.4 is 16.4 Å². The van der Waals surface area contributed by atoms with E-state index in [0.29, 0.717) is 29.5 Å². The van der Waals surface area contributed by atoms with Crippen molar-refractivity contribution >= 4 is 29.6 Å². The molecule has 24 heavy (non-hydrogen) atoms. The van der Waals surface area contributed by atoms with Crippen LogP contribution in [0.25, 0.3) is 5.95 Å². The van der Waals surface area contributed by atoms with Crippen molar-refractivity contribution in [3.8, 4) is 5.95 Å². The summed E-state index contributed by atoms with van der Waals surface area (Å²) >= 11 is 1.16. The van der Waals surface area contributed by atoms with Gasteiger partial charge in [-0.2, -0.15) is 19.6 Å². The molecule has 0 aliphatic carbocycles. The summed E-state index contributed by atoms with van der Waals surface area (Å²) in [5.74, 6) is 0.981. The number of amides is 1. The van der Waals surface area contributed by atoms with Crippen LogP contribution in [0, 0.1) is 0 Å². The number of hydrogen-bond donors (Lipinski definition) is 3. The Labute approximate surface area is 144 Å². The van der Waals surface area contributed by atoms with Gasteiger partial charge in [0.05, 0.1) is 5.75 Å². The minimum atomic E-state index is -0.423. The number of carbonyl (C=O) groups excluding carboxylic acids is 1. The van der Waals surface area contributed by atoms with E-state index in [2.05, 4.69) is 42.6 Å². The predicted octanol–water partition coefficient (Wildman–Crippen LogP) is 0.674. The molecule has 0 bridgehead atoms. The second-order valence-electron chi connectivity index (χ2n) is 4.82. The molecule has 2 rings (SSSR count). The fourth-order valence-electron chi connectivity index (χ4n) is 1.71. The van der Waals surface area contributed by atoms with Crippen molar-refractivity contribution in [2.24, 2.45) is 5.73 Å². The maximum atomic E-state index is 10.8. The Morgan fingerprint density at radius 1 is 1.25 bits per heavy atom. The largest absolute Gasteiger partial charge is 0.369 e. The molecule has 0 aliphatic rings. The average Bonchev–Trinajstić information content (AvgIpc) is 3.02. The van der Waals surface area contributed by atoms with Gasteiger partial charge in [-0.15, -0.1) is 5.10 Å². The standard InChI is InChI=1S/C13H21N9OS/c1-3-5-6-16-11-18-10(15-4-2)19-12(20-11)22-8-17-13(21-22)24-7-9(14)23/h8H,3-7H2,1-2H3,(H2,14,23)(H2,15,16,18,19,20). The van der Waals surface area contributed by atoms with Crippen molar-refractivity contribution in [2.45, 2.75) is 31.8 Å². The second-order valence-corrected chi connectivity index (χ2v) is 5.76. The van der Waals surface area contributed by atoms with Crippen molar-refractivity contribution in [2.75, 3.05) is 29.5 Å². The molecule has 4 N–H and O–H groups in total. The lowest BCUT2D eigenvalue weighted by Crippen LogP contribution is -2.14. The molecule has 2 heterocycles. The van der Waals surface area contributed by atoms with Crippen molar-refractivity contribution in [1.82, 2.24) is 29.7 Å². The normalized spacial score (nSPS) is 10.6.